The molecular weight excluding hydrogens is 263 g/mol. The van der Waals surface area contributed by atoms with Gasteiger partial charge in [0.2, 0.25) is 0 Å². The summed E-state index contributed by atoms with van der Waals surface area (Å²) in [4.78, 5) is 11.4. The fourth-order valence-electron chi connectivity index (χ4n) is 1.10. The Bertz CT molecular complexity index is 411. The van der Waals surface area contributed by atoms with Crippen LogP contribution in [0.4, 0.5) is 0 Å². The van der Waals surface area contributed by atoms with Crippen molar-refractivity contribution in [1.82, 2.24) is 0 Å². The van der Waals surface area contributed by atoms with E-state index in [1.807, 2.05) is 0 Å². The number of hydrogen-bond donors (Lipinski definition) is 0. The highest BCUT2D eigenvalue weighted by atomic mass is 35.5. The number of carbonyl (C=O) groups excluding carboxylic acids is 1. The van der Waals surface area contributed by atoms with Crippen LogP contribution in [0.3, 0.4) is 0 Å². The first-order chi connectivity index (χ1) is 7.78. The van der Waals surface area contributed by atoms with Crippen LogP contribution in [0.15, 0.2) is 18.2 Å². The van der Waals surface area contributed by atoms with Crippen molar-refractivity contribution in [2.45, 2.75) is 26.4 Å². The smallest absolute Gasteiger partial charge is 0.344 e. The second-order valence-corrected chi connectivity index (χ2v) is 5.29. The van der Waals surface area contributed by atoms with E-state index in [1.54, 1.807) is 39.0 Å². The quantitative estimate of drug-likeness (QED) is 0.790. The second-order valence-electron chi connectivity index (χ2n) is 4.45. The Kier molecular flexibility index (Phi) is 4.66. The summed E-state index contributed by atoms with van der Waals surface area (Å²) in [5, 5.41) is 0.876. The largest absolute Gasteiger partial charge is 0.480 e. The van der Waals surface area contributed by atoms with Crippen LogP contribution >= 0.6 is 23.2 Å². The van der Waals surface area contributed by atoms with Gasteiger partial charge in [0.15, 0.2) is 6.61 Å². The Hall–Kier alpha value is -0.930. The minimum Gasteiger partial charge on any atom is -0.480 e. The number of halogens is 2. The lowest BCUT2D eigenvalue weighted by Crippen LogP contribution is -2.27. The lowest BCUT2D eigenvalue weighted by Gasteiger charge is -2.19. The maximum atomic E-state index is 11.4. The molecule has 0 aromatic heterocycles. The molecule has 0 fully saturated rings. The van der Waals surface area contributed by atoms with E-state index in [-0.39, 0.29) is 6.61 Å². The Morgan fingerprint density at radius 1 is 1.29 bits per heavy atom. The molecule has 0 heterocycles. The minimum atomic E-state index is -0.524. The molecule has 0 unspecified atom stereocenters. The zero-order valence-corrected chi connectivity index (χ0v) is 11.4. The summed E-state index contributed by atoms with van der Waals surface area (Å²) in [6.45, 7) is 5.19. The molecule has 0 saturated carbocycles. The molecular formula is C12H14Cl2O3. The van der Waals surface area contributed by atoms with Gasteiger partial charge < -0.3 is 9.47 Å². The van der Waals surface area contributed by atoms with Gasteiger partial charge in [-0.05, 0) is 39.0 Å². The standard InChI is InChI=1S/C12H14Cl2O3/c1-12(2,3)17-11(15)7-16-10-5-4-8(13)6-9(10)14/h4-6H,7H2,1-3H3. The molecule has 0 bridgehead atoms. The number of rotatable bonds is 3. The van der Waals surface area contributed by atoms with E-state index in [0.717, 1.165) is 0 Å². The second kappa shape index (κ2) is 5.61. The summed E-state index contributed by atoms with van der Waals surface area (Å²) in [7, 11) is 0. The third-order valence-corrected chi connectivity index (χ3v) is 2.19. The Balaban J connectivity index is 2.53. The van der Waals surface area contributed by atoms with Crippen LogP contribution in [0.1, 0.15) is 20.8 Å². The Labute approximate surface area is 111 Å². The topological polar surface area (TPSA) is 35.5 Å². The van der Waals surface area contributed by atoms with Crippen molar-refractivity contribution in [3.8, 4) is 5.75 Å². The highest BCUT2D eigenvalue weighted by molar-refractivity contribution is 6.35. The SMILES string of the molecule is CC(C)(C)OC(=O)COc1ccc(Cl)cc1Cl. The van der Waals surface area contributed by atoms with Crippen molar-refractivity contribution in [2.75, 3.05) is 6.61 Å². The predicted molar refractivity (Wildman–Crippen MR) is 67.8 cm³/mol. The van der Waals surface area contributed by atoms with Gasteiger partial charge in [-0.25, -0.2) is 4.79 Å². The third-order valence-electron chi connectivity index (χ3n) is 1.66. The summed E-state index contributed by atoms with van der Waals surface area (Å²) in [6, 6.07) is 4.79. The van der Waals surface area contributed by atoms with E-state index in [2.05, 4.69) is 0 Å². The maximum Gasteiger partial charge on any atom is 0.344 e. The normalized spacial score (nSPS) is 11.1. The van der Waals surface area contributed by atoms with Crippen molar-refractivity contribution >= 4 is 29.2 Å². The first-order valence-corrected chi connectivity index (χ1v) is 5.83. The van der Waals surface area contributed by atoms with Crippen LogP contribution in [0.2, 0.25) is 10.0 Å². The van der Waals surface area contributed by atoms with Crippen molar-refractivity contribution in [2.24, 2.45) is 0 Å². The maximum absolute atomic E-state index is 11.4. The fourth-order valence-corrected chi connectivity index (χ4v) is 1.56. The summed E-state index contributed by atoms with van der Waals surface area (Å²) in [5.41, 5.74) is -0.524. The van der Waals surface area contributed by atoms with Crippen molar-refractivity contribution in [3.05, 3.63) is 28.2 Å². The van der Waals surface area contributed by atoms with Crippen molar-refractivity contribution in [1.29, 1.82) is 0 Å². The highest BCUT2D eigenvalue weighted by Crippen LogP contribution is 2.27. The molecule has 17 heavy (non-hydrogen) atoms. The van der Waals surface area contributed by atoms with Gasteiger partial charge in [-0.2, -0.15) is 0 Å². The first-order valence-electron chi connectivity index (χ1n) is 5.07. The van der Waals surface area contributed by atoms with E-state index in [4.69, 9.17) is 32.7 Å². The molecule has 0 aliphatic carbocycles. The van der Waals surface area contributed by atoms with Crippen LogP contribution < -0.4 is 4.74 Å². The molecule has 0 aliphatic rings. The van der Waals surface area contributed by atoms with Gasteiger partial charge in [0, 0.05) is 5.02 Å². The molecule has 1 rings (SSSR count). The van der Waals surface area contributed by atoms with Gasteiger partial charge in [0.1, 0.15) is 11.4 Å². The molecule has 0 N–H and O–H groups in total. The van der Waals surface area contributed by atoms with Crippen molar-refractivity contribution in [3.63, 3.8) is 0 Å². The number of esters is 1. The van der Waals surface area contributed by atoms with E-state index in [0.29, 0.717) is 15.8 Å². The lowest BCUT2D eigenvalue weighted by atomic mass is 10.2. The van der Waals surface area contributed by atoms with E-state index in [9.17, 15) is 4.79 Å². The average molecular weight is 277 g/mol. The van der Waals surface area contributed by atoms with Gasteiger partial charge >= 0.3 is 5.97 Å². The van der Waals surface area contributed by atoms with Crippen LogP contribution in [0.25, 0.3) is 0 Å². The Morgan fingerprint density at radius 2 is 1.94 bits per heavy atom. The average Bonchev–Trinajstić information content (AvgIpc) is 2.13. The number of carbonyl (C=O) groups is 1. The van der Waals surface area contributed by atoms with Crippen LogP contribution in [0, 0.1) is 0 Å². The first kappa shape index (κ1) is 14.1. The summed E-state index contributed by atoms with van der Waals surface area (Å²) >= 11 is 11.6. The zero-order valence-electron chi connectivity index (χ0n) is 9.92. The zero-order chi connectivity index (χ0) is 13.1. The van der Waals surface area contributed by atoms with Gasteiger partial charge in [-0.3, -0.25) is 0 Å². The number of benzene rings is 1. The highest BCUT2D eigenvalue weighted by Gasteiger charge is 2.16. The van der Waals surface area contributed by atoms with E-state index < -0.39 is 11.6 Å². The summed E-state index contributed by atoms with van der Waals surface area (Å²) in [6.07, 6.45) is 0. The number of ether oxygens (including phenoxy) is 2. The monoisotopic (exact) mass is 276 g/mol. The van der Waals surface area contributed by atoms with Gasteiger partial charge in [-0.15, -0.1) is 0 Å². The molecule has 94 valence electrons. The molecule has 0 amide bonds. The molecule has 0 aliphatic heterocycles. The Morgan fingerprint density at radius 3 is 2.47 bits per heavy atom. The molecule has 5 heteroatoms. The third kappa shape index (κ3) is 5.29. The van der Waals surface area contributed by atoms with Crippen LogP contribution in [-0.2, 0) is 9.53 Å². The molecule has 1 aromatic carbocycles. The van der Waals surface area contributed by atoms with Crippen LogP contribution in [0.5, 0.6) is 5.75 Å². The van der Waals surface area contributed by atoms with Crippen molar-refractivity contribution < 1.29 is 14.3 Å². The lowest BCUT2D eigenvalue weighted by molar-refractivity contribution is -0.157. The molecule has 0 radical (unpaired) electrons. The van der Waals surface area contributed by atoms with E-state index >= 15 is 0 Å². The van der Waals surface area contributed by atoms with Gasteiger partial charge in [0.25, 0.3) is 0 Å². The van der Waals surface area contributed by atoms with Gasteiger partial charge in [0.05, 0.1) is 5.02 Å². The molecule has 0 spiro atoms. The summed E-state index contributed by atoms with van der Waals surface area (Å²) < 4.78 is 10.3. The number of hydrogen-bond acceptors (Lipinski definition) is 3. The van der Waals surface area contributed by atoms with Crippen LogP contribution in [-0.4, -0.2) is 18.2 Å². The molecule has 0 atom stereocenters. The van der Waals surface area contributed by atoms with E-state index in [1.165, 1.54) is 0 Å². The minimum absolute atomic E-state index is 0.182. The molecule has 0 saturated heterocycles. The predicted octanol–water partition coefficient (Wildman–Crippen LogP) is 3.71. The molecule has 3 nitrogen and oxygen atoms in total. The van der Waals surface area contributed by atoms with Gasteiger partial charge in [-0.1, -0.05) is 23.2 Å². The fraction of sp³-hybridized carbons (Fsp3) is 0.417. The molecule has 1 aromatic rings. The summed E-state index contributed by atoms with van der Waals surface area (Å²) in [5.74, 6) is -0.0366.